The Morgan fingerprint density at radius 2 is 1.36 bits per heavy atom. The molecule has 5 rings (SSSR count). The molecule has 0 amide bonds. The second-order valence-corrected chi connectivity index (χ2v) is 6.08. The normalized spacial score (nSPS) is 11.4. The molecule has 0 aliphatic heterocycles. The first kappa shape index (κ1) is 13.9. The molecule has 118 valence electrons. The van der Waals surface area contributed by atoms with Crippen LogP contribution in [0.15, 0.2) is 85.1 Å². The molecule has 0 bridgehead atoms. The van der Waals surface area contributed by atoms with Gasteiger partial charge < -0.3 is 0 Å². The zero-order chi connectivity index (χ0) is 16.8. The molecular weight excluding hydrogens is 308 g/mol. The van der Waals surface area contributed by atoms with Crippen LogP contribution in [0.1, 0.15) is 15.9 Å². The van der Waals surface area contributed by atoms with Crippen LogP contribution in [0, 0.1) is 0 Å². The average molecular weight is 322 g/mol. The average Bonchev–Trinajstić information content (AvgIpc) is 3.14. The van der Waals surface area contributed by atoms with Crippen LogP contribution < -0.4 is 0 Å². The number of carbonyl (C=O) groups excluding carboxylic acids is 1. The van der Waals surface area contributed by atoms with E-state index in [1.54, 1.807) is 6.20 Å². The lowest BCUT2D eigenvalue weighted by Gasteiger charge is -2.09. The van der Waals surface area contributed by atoms with Gasteiger partial charge in [0.05, 0.1) is 22.8 Å². The number of ketones is 1. The van der Waals surface area contributed by atoms with Crippen molar-refractivity contribution in [1.29, 1.82) is 0 Å². The second-order valence-electron chi connectivity index (χ2n) is 6.08. The highest BCUT2D eigenvalue weighted by atomic mass is 16.1. The van der Waals surface area contributed by atoms with Crippen molar-refractivity contribution in [1.82, 2.24) is 9.61 Å². The zero-order valence-electron chi connectivity index (χ0n) is 13.4. The van der Waals surface area contributed by atoms with E-state index in [1.807, 2.05) is 65.2 Å². The van der Waals surface area contributed by atoms with E-state index in [2.05, 4.69) is 23.3 Å². The van der Waals surface area contributed by atoms with Crippen LogP contribution in [0.5, 0.6) is 0 Å². The molecular formula is C22H14N2O. The maximum absolute atomic E-state index is 13.0. The molecule has 0 N–H and O–H groups in total. The van der Waals surface area contributed by atoms with Gasteiger partial charge in [0.2, 0.25) is 0 Å². The monoisotopic (exact) mass is 322 g/mol. The zero-order valence-corrected chi connectivity index (χ0v) is 13.4. The van der Waals surface area contributed by atoms with Crippen LogP contribution in [0.3, 0.4) is 0 Å². The molecule has 0 unspecified atom stereocenters. The van der Waals surface area contributed by atoms with Gasteiger partial charge in [0, 0.05) is 16.3 Å². The SMILES string of the molecule is O=C(c1ccccc1)c1cnn2c3ccccc3c3ccccc3c12. The van der Waals surface area contributed by atoms with Crippen molar-refractivity contribution in [2.45, 2.75) is 0 Å². The molecule has 0 saturated carbocycles. The summed E-state index contributed by atoms with van der Waals surface area (Å²) in [6, 6.07) is 25.7. The van der Waals surface area contributed by atoms with Crippen molar-refractivity contribution >= 4 is 33.0 Å². The van der Waals surface area contributed by atoms with E-state index in [9.17, 15) is 4.79 Å². The Morgan fingerprint density at radius 3 is 2.16 bits per heavy atom. The van der Waals surface area contributed by atoms with Gasteiger partial charge in [-0.3, -0.25) is 4.79 Å². The van der Waals surface area contributed by atoms with Crippen molar-refractivity contribution < 1.29 is 4.79 Å². The predicted molar refractivity (Wildman–Crippen MR) is 100 cm³/mol. The topological polar surface area (TPSA) is 34.4 Å². The first-order chi connectivity index (χ1) is 12.3. The van der Waals surface area contributed by atoms with Gasteiger partial charge in [-0.15, -0.1) is 0 Å². The molecule has 0 atom stereocenters. The largest absolute Gasteiger partial charge is 0.288 e. The van der Waals surface area contributed by atoms with Crippen molar-refractivity contribution in [3.63, 3.8) is 0 Å². The van der Waals surface area contributed by atoms with Gasteiger partial charge in [-0.25, -0.2) is 4.52 Å². The smallest absolute Gasteiger partial charge is 0.196 e. The van der Waals surface area contributed by atoms with Crippen molar-refractivity contribution in [2.75, 3.05) is 0 Å². The summed E-state index contributed by atoms with van der Waals surface area (Å²) in [6.07, 6.45) is 1.68. The Morgan fingerprint density at radius 1 is 0.720 bits per heavy atom. The summed E-state index contributed by atoms with van der Waals surface area (Å²) < 4.78 is 1.88. The highest BCUT2D eigenvalue weighted by Crippen LogP contribution is 2.31. The summed E-state index contributed by atoms with van der Waals surface area (Å²) in [6.45, 7) is 0. The van der Waals surface area contributed by atoms with Crippen LogP contribution in [-0.2, 0) is 0 Å². The Balaban J connectivity index is 1.93. The number of para-hydroxylation sites is 1. The van der Waals surface area contributed by atoms with Crippen LogP contribution in [0.2, 0.25) is 0 Å². The molecule has 5 aromatic rings. The minimum atomic E-state index is -0.00367. The number of aromatic nitrogens is 2. The minimum absolute atomic E-state index is 0.00367. The van der Waals surface area contributed by atoms with Crippen LogP contribution in [0.25, 0.3) is 27.2 Å². The van der Waals surface area contributed by atoms with E-state index in [0.29, 0.717) is 11.1 Å². The molecule has 3 aromatic carbocycles. The van der Waals surface area contributed by atoms with Gasteiger partial charge in [-0.2, -0.15) is 5.10 Å². The number of pyridine rings is 1. The molecule has 3 heteroatoms. The summed E-state index contributed by atoms with van der Waals surface area (Å²) in [5.41, 5.74) is 3.18. The second kappa shape index (κ2) is 5.28. The lowest BCUT2D eigenvalue weighted by Crippen LogP contribution is -2.01. The van der Waals surface area contributed by atoms with E-state index in [0.717, 1.165) is 27.2 Å². The van der Waals surface area contributed by atoms with Crippen LogP contribution >= 0.6 is 0 Å². The first-order valence-corrected chi connectivity index (χ1v) is 8.21. The maximum Gasteiger partial charge on any atom is 0.196 e. The Labute approximate surface area is 144 Å². The lowest BCUT2D eigenvalue weighted by molar-refractivity contribution is 0.104. The number of carbonyl (C=O) groups is 1. The van der Waals surface area contributed by atoms with E-state index < -0.39 is 0 Å². The van der Waals surface area contributed by atoms with Gasteiger partial charge in [0.15, 0.2) is 5.78 Å². The molecule has 3 nitrogen and oxygen atoms in total. The maximum atomic E-state index is 13.0. The number of hydrogen-bond donors (Lipinski definition) is 0. The quantitative estimate of drug-likeness (QED) is 0.343. The molecule has 0 radical (unpaired) electrons. The first-order valence-electron chi connectivity index (χ1n) is 8.21. The number of rotatable bonds is 2. The molecule has 2 aromatic heterocycles. The molecule has 0 spiro atoms. The van der Waals surface area contributed by atoms with E-state index in [-0.39, 0.29) is 5.78 Å². The molecule has 0 saturated heterocycles. The van der Waals surface area contributed by atoms with Gasteiger partial charge in [0.25, 0.3) is 0 Å². The number of benzene rings is 3. The fourth-order valence-electron chi connectivity index (χ4n) is 3.51. The van der Waals surface area contributed by atoms with Gasteiger partial charge in [0.1, 0.15) is 0 Å². The number of hydrogen-bond acceptors (Lipinski definition) is 2. The Hall–Kier alpha value is -3.46. The van der Waals surface area contributed by atoms with Crippen LogP contribution in [0.4, 0.5) is 0 Å². The van der Waals surface area contributed by atoms with Gasteiger partial charge >= 0.3 is 0 Å². The number of nitrogens with zero attached hydrogens (tertiary/aromatic N) is 2. The Kier molecular flexibility index (Phi) is 2.94. The highest BCUT2D eigenvalue weighted by molar-refractivity contribution is 6.21. The van der Waals surface area contributed by atoms with E-state index in [1.165, 1.54) is 0 Å². The van der Waals surface area contributed by atoms with Gasteiger partial charge in [-0.05, 0) is 11.5 Å². The minimum Gasteiger partial charge on any atom is -0.288 e. The Bertz CT molecular complexity index is 1250. The van der Waals surface area contributed by atoms with Gasteiger partial charge in [-0.1, -0.05) is 72.8 Å². The standard InChI is InChI=1S/C22H14N2O/c25-22(15-8-2-1-3-9-15)19-14-23-24-20-13-7-6-11-17(20)16-10-4-5-12-18(16)21(19)24/h1-14H. The third-order valence-electron chi connectivity index (χ3n) is 4.65. The lowest BCUT2D eigenvalue weighted by atomic mass is 10.00. The molecule has 25 heavy (non-hydrogen) atoms. The number of fused-ring (bicyclic) bond motifs is 6. The fourth-order valence-corrected chi connectivity index (χ4v) is 3.51. The fraction of sp³-hybridized carbons (Fsp3) is 0. The predicted octanol–water partition coefficient (Wildman–Crippen LogP) is 4.87. The van der Waals surface area contributed by atoms with E-state index in [4.69, 9.17) is 0 Å². The van der Waals surface area contributed by atoms with Crippen LogP contribution in [-0.4, -0.2) is 15.4 Å². The molecule has 0 aliphatic carbocycles. The van der Waals surface area contributed by atoms with Crippen molar-refractivity contribution in [3.8, 4) is 0 Å². The summed E-state index contributed by atoms with van der Waals surface area (Å²) >= 11 is 0. The molecule has 0 aliphatic rings. The van der Waals surface area contributed by atoms with E-state index >= 15 is 0 Å². The molecule has 2 heterocycles. The summed E-state index contributed by atoms with van der Waals surface area (Å²) in [5.74, 6) is -0.00367. The third kappa shape index (κ3) is 1.99. The van der Waals surface area contributed by atoms with Crippen molar-refractivity contribution in [3.05, 3.63) is 96.2 Å². The summed E-state index contributed by atoms with van der Waals surface area (Å²) in [4.78, 5) is 13.0. The van der Waals surface area contributed by atoms with Crippen molar-refractivity contribution in [2.24, 2.45) is 0 Å². The third-order valence-corrected chi connectivity index (χ3v) is 4.65. The molecule has 0 fully saturated rings. The summed E-state index contributed by atoms with van der Waals surface area (Å²) in [5, 5.41) is 7.84. The highest BCUT2D eigenvalue weighted by Gasteiger charge is 2.18. The summed E-state index contributed by atoms with van der Waals surface area (Å²) in [7, 11) is 0.